The van der Waals surface area contributed by atoms with Crippen LogP contribution in [-0.4, -0.2) is 25.4 Å². The fraction of sp³-hybridized carbons (Fsp3) is 0.600. The lowest BCUT2D eigenvalue weighted by Gasteiger charge is -2.55. The van der Waals surface area contributed by atoms with Crippen molar-refractivity contribution in [2.45, 2.75) is 39.0 Å². The second kappa shape index (κ2) is 5.29. The van der Waals surface area contributed by atoms with E-state index in [0.29, 0.717) is 18.1 Å². The smallest absolute Gasteiger partial charge is 0.387 e. The first kappa shape index (κ1) is 14.9. The molecule has 0 spiro atoms. The standard InChI is InChI=1S/C15H18ClF2NO2/c1-15(2)12(9-5-6-20-13(9)15)19-8-3-4-11(10(16)7-8)21-14(17)18/h3-4,7,9,12-14,19H,5-6H2,1-2H3. The number of halogens is 3. The van der Waals surface area contributed by atoms with Gasteiger partial charge in [0.15, 0.2) is 0 Å². The molecule has 3 rings (SSSR count). The minimum Gasteiger partial charge on any atom is -0.433 e. The van der Waals surface area contributed by atoms with Crippen LogP contribution in [0.15, 0.2) is 18.2 Å². The summed E-state index contributed by atoms with van der Waals surface area (Å²) in [7, 11) is 0. The quantitative estimate of drug-likeness (QED) is 0.904. The molecular formula is C15H18ClF2NO2. The lowest BCUT2D eigenvalue weighted by molar-refractivity contribution is -0.0923. The molecule has 0 aromatic heterocycles. The molecule has 2 aliphatic rings. The minimum absolute atomic E-state index is 0.00726. The van der Waals surface area contributed by atoms with Gasteiger partial charge in [-0.15, -0.1) is 0 Å². The highest BCUT2D eigenvalue weighted by molar-refractivity contribution is 6.32. The van der Waals surface area contributed by atoms with E-state index in [1.54, 1.807) is 12.1 Å². The first-order chi connectivity index (χ1) is 9.89. The van der Waals surface area contributed by atoms with Crippen molar-refractivity contribution in [3.05, 3.63) is 23.2 Å². The summed E-state index contributed by atoms with van der Waals surface area (Å²) in [6.45, 7) is 2.28. The number of fused-ring (bicyclic) bond motifs is 1. The van der Waals surface area contributed by atoms with E-state index in [-0.39, 0.29) is 16.2 Å². The fourth-order valence-corrected chi connectivity index (χ4v) is 3.80. The van der Waals surface area contributed by atoms with Crippen LogP contribution >= 0.6 is 11.6 Å². The highest BCUT2D eigenvalue weighted by Crippen LogP contribution is 2.53. The monoisotopic (exact) mass is 317 g/mol. The molecule has 0 amide bonds. The van der Waals surface area contributed by atoms with Gasteiger partial charge in [-0.25, -0.2) is 0 Å². The summed E-state index contributed by atoms with van der Waals surface area (Å²) >= 11 is 5.98. The van der Waals surface area contributed by atoms with E-state index in [2.05, 4.69) is 23.9 Å². The molecule has 116 valence electrons. The molecule has 2 fully saturated rings. The first-order valence-corrected chi connectivity index (χ1v) is 7.40. The van der Waals surface area contributed by atoms with Crippen LogP contribution in [-0.2, 0) is 4.74 Å². The fourth-order valence-electron chi connectivity index (χ4n) is 3.58. The lowest BCUT2D eigenvalue weighted by atomic mass is 9.57. The van der Waals surface area contributed by atoms with Gasteiger partial charge in [0.1, 0.15) is 5.75 Å². The van der Waals surface area contributed by atoms with Crippen molar-refractivity contribution in [3.63, 3.8) is 0 Å². The van der Waals surface area contributed by atoms with Crippen LogP contribution in [0.4, 0.5) is 14.5 Å². The van der Waals surface area contributed by atoms with Crippen LogP contribution in [0.25, 0.3) is 0 Å². The van der Waals surface area contributed by atoms with E-state index in [1.807, 2.05) is 0 Å². The van der Waals surface area contributed by atoms with Gasteiger partial charge in [0.25, 0.3) is 0 Å². The zero-order valence-electron chi connectivity index (χ0n) is 11.9. The van der Waals surface area contributed by atoms with E-state index < -0.39 is 6.61 Å². The molecule has 1 saturated carbocycles. The molecular weight excluding hydrogens is 300 g/mol. The predicted octanol–water partition coefficient (Wildman–Crippen LogP) is 4.17. The Hall–Kier alpha value is -1.07. The predicted molar refractivity (Wildman–Crippen MR) is 77.1 cm³/mol. The molecule has 1 heterocycles. The Morgan fingerprint density at radius 2 is 2.19 bits per heavy atom. The molecule has 1 aliphatic carbocycles. The molecule has 21 heavy (non-hydrogen) atoms. The Morgan fingerprint density at radius 3 is 2.86 bits per heavy atom. The van der Waals surface area contributed by atoms with Gasteiger partial charge in [0, 0.05) is 29.7 Å². The molecule has 0 radical (unpaired) electrons. The third kappa shape index (κ3) is 2.57. The number of alkyl halides is 2. The highest BCUT2D eigenvalue weighted by atomic mass is 35.5. The van der Waals surface area contributed by atoms with E-state index in [0.717, 1.165) is 18.7 Å². The van der Waals surface area contributed by atoms with Gasteiger partial charge < -0.3 is 14.8 Å². The van der Waals surface area contributed by atoms with Crippen LogP contribution in [0, 0.1) is 11.3 Å². The maximum absolute atomic E-state index is 12.2. The van der Waals surface area contributed by atoms with Gasteiger partial charge in [-0.3, -0.25) is 0 Å². The summed E-state index contributed by atoms with van der Waals surface area (Å²) in [6.07, 6.45) is 1.35. The van der Waals surface area contributed by atoms with E-state index >= 15 is 0 Å². The average Bonchev–Trinajstić information content (AvgIpc) is 2.85. The highest BCUT2D eigenvalue weighted by Gasteiger charge is 2.59. The Balaban J connectivity index is 1.72. The number of hydrogen-bond acceptors (Lipinski definition) is 3. The normalized spacial score (nSPS) is 29.9. The van der Waals surface area contributed by atoms with Crippen molar-refractivity contribution in [2.75, 3.05) is 11.9 Å². The van der Waals surface area contributed by atoms with Crippen LogP contribution in [0.2, 0.25) is 5.02 Å². The summed E-state index contributed by atoms with van der Waals surface area (Å²) in [4.78, 5) is 0. The number of benzene rings is 1. The second-order valence-corrected chi connectivity index (χ2v) is 6.62. The molecule has 1 aliphatic heterocycles. The zero-order chi connectivity index (χ0) is 15.2. The number of nitrogens with one attached hydrogen (secondary N) is 1. The summed E-state index contributed by atoms with van der Waals surface area (Å²) in [5, 5.41) is 3.63. The Kier molecular flexibility index (Phi) is 3.74. The van der Waals surface area contributed by atoms with Crippen molar-refractivity contribution in [3.8, 4) is 5.75 Å². The number of anilines is 1. The molecule has 3 atom stereocenters. The summed E-state index contributed by atoms with van der Waals surface area (Å²) < 4.78 is 34.5. The third-order valence-electron chi connectivity index (χ3n) is 4.57. The third-order valence-corrected chi connectivity index (χ3v) is 4.87. The van der Waals surface area contributed by atoms with Gasteiger partial charge in [-0.05, 0) is 24.6 Å². The summed E-state index contributed by atoms with van der Waals surface area (Å²) in [5.74, 6) is 0.489. The molecule has 1 N–H and O–H groups in total. The van der Waals surface area contributed by atoms with Crippen molar-refractivity contribution >= 4 is 17.3 Å². The molecule has 3 unspecified atom stereocenters. The topological polar surface area (TPSA) is 30.5 Å². The summed E-state index contributed by atoms with van der Waals surface area (Å²) in [5.41, 5.74) is 0.858. The number of rotatable bonds is 4. The molecule has 1 aromatic carbocycles. The number of ether oxygens (including phenoxy) is 2. The van der Waals surface area contributed by atoms with E-state index in [1.165, 1.54) is 6.07 Å². The van der Waals surface area contributed by atoms with Crippen LogP contribution in [0.5, 0.6) is 5.75 Å². The molecule has 3 nitrogen and oxygen atoms in total. The Morgan fingerprint density at radius 1 is 1.43 bits per heavy atom. The molecule has 1 saturated heterocycles. The minimum atomic E-state index is -2.87. The van der Waals surface area contributed by atoms with Gasteiger partial charge in [-0.1, -0.05) is 25.4 Å². The SMILES string of the molecule is CC1(C)C(Nc2ccc(OC(F)F)c(Cl)c2)C2CCOC21. The molecule has 0 bridgehead atoms. The van der Waals surface area contributed by atoms with Crippen molar-refractivity contribution in [1.29, 1.82) is 0 Å². The zero-order valence-corrected chi connectivity index (χ0v) is 12.7. The van der Waals surface area contributed by atoms with Gasteiger partial charge in [-0.2, -0.15) is 8.78 Å². The maximum Gasteiger partial charge on any atom is 0.387 e. The Labute approximate surface area is 127 Å². The molecule has 6 heteroatoms. The van der Waals surface area contributed by atoms with E-state index in [4.69, 9.17) is 16.3 Å². The van der Waals surface area contributed by atoms with Gasteiger partial charge in [0.05, 0.1) is 11.1 Å². The molecule has 1 aromatic rings. The van der Waals surface area contributed by atoms with Crippen LogP contribution in [0.3, 0.4) is 0 Å². The lowest BCUT2D eigenvalue weighted by Crippen LogP contribution is -2.63. The van der Waals surface area contributed by atoms with E-state index in [9.17, 15) is 8.78 Å². The summed E-state index contributed by atoms with van der Waals surface area (Å²) in [6, 6.07) is 5.09. The van der Waals surface area contributed by atoms with Gasteiger partial charge >= 0.3 is 6.61 Å². The second-order valence-electron chi connectivity index (χ2n) is 6.21. The maximum atomic E-state index is 12.2. The largest absolute Gasteiger partial charge is 0.433 e. The Bertz CT molecular complexity index is 538. The van der Waals surface area contributed by atoms with Crippen molar-refractivity contribution in [1.82, 2.24) is 0 Å². The average molecular weight is 318 g/mol. The van der Waals surface area contributed by atoms with Crippen LogP contribution in [0.1, 0.15) is 20.3 Å². The van der Waals surface area contributed by atoms with Crippen LogP contribution < -0.4 is 10.1 Å². The first-order valence-electron chi connectivity index (χ1n) is 7.02. The van der Waals surface area contributed by atoms with Gasteiger partial charge in [0.2, 0.25) is 0 Å². The number of hydrogen-bond donors (Lipinski definition) is 1. The van der Waals surface area contributed by atoms with Crippen molar-refractivity contribution < 1.29 is 18.3 Å². The van der Waals surface area contributed by atoms with Crippen molar-refractivity contribution in [2.24, 2.45) is 11.3 Å².